The standard InChI is InChI=1S/C15H14ClNO2/c16-10-11-19-15(18)17-14-9-5-4-8-13(14)12-6-2-1-3-7-12/h1-9H,10-11H2,(H,17,18). The van der Waals surface area contributed by atoms with Crippen molar-refractivity contribution in [3.63, 3.8) is 0 Å². The fourth-order valence-electron chi connectivity index (χ4n) is 1.74. The molecule has 0 aliphatic carbocycles. The molecular formula is C15H14ClNO2. The molecule has 98 valence electrons. The largest absolute Gasteiger partial charge is 0.448 e. The summed E-state index contributed by atoms with van der Waals surface area (Å²) in [7, 11) is 0. The van der Waals surface area contributed by atoms with E-state index in [1.807, 2.05) is 54.6 Å². The van der Waals surface area contributed by atoms with E-state index in [-0.39, 0.29) is 12.5 Å². The Morgan fingerprint density at radius 2 is 1.74 bits per heavy atom. The van der Waals surface area contributed by atoms with E-state index in [0.717, 1.165) is 11.1 Å². The van der Waals surface area contributed by atoms with Crippen LogP contribution in [0.4, 0.5) is 10.5 Å². The Bertz CT molecular complexity index is 543. The maximum Gasteiger partial charge on any atom is 0.411 e. The van der Waals surface area contributed by atoms with E-state index >= 15 is 0 Å². The summed E-state index contributed by atoms with van der Waals surface area (Å²) in [5, 5.41) is 2.72. The zero-order valence-electron chi connectivity index (χ0n) is 10.3. The van der Waals surface area contributed by atoms with Gasteiger partial charge in [0.05, 0.1) is 11.6 Å². The highest BCUT2D eigenvalue weighted by atomic mass is 35.5. The summed E-state index contributed by atoms with van der Waals surface area (Å²) in [6, 6.07) is 17.4. The number of hydrogen-bond donors (Lipinski definition) is 1. The van der Waals surface area contributed by atoms with Crippen molar-refractivity contribution in [1.82, 2.24) is 0 Å². The number of para-hydroxylation sites is 1. The molecule has 0 radical (unpaired) electrons. The maximum absolute atomic E-state index is 11.6. The lowest BCUT2D eigenvalue weighted by Crippen LogP contribution is -2.15. The van der Waals surface area contributed by atoms with Crippen molar-refractivity contribution in [3.05, 3.63) is 54.6 Å². The Hall–Kier alpha value is -2.00. The van der Waals surface area contributed by atoms with E-state index in [2.05, 4.69) is 5.32 Å². The molecule has 3 nitrogen and oxygen atoms in total. The van der Waals surface area contributed by atoms with Crippen LogP contribution >= 0.6 is 11.6 Å². The van der Waals surface area contributed by atoms with Crippen molar-refractivity contribution < 1.29 is 9.53 Å². The molecule has 2 rings (SSSR count). The van der Waals surface area contributed by atoms with Crippen LogP contribution in [0, 0.1) is 0 Å². The van der Waals surface area contributed by atoms with Gasteiger partial charge in [0.2, 0.25) is 0 Å². The van der Waals surface area contributed by atoms with Crippen LogP contribution in [0.15, 0.2) is 54.6 Å². The molecule has 0 saturated carbocycles. The molecule has 0 saturated heterocycles. The first kappa shape index (κ1) is 13.4. The van der Waals surface area contributed by atoms with E-state index in [1.54, 1.807) is 0 Å². The van der Waals surface area contributed by atoms with E-state index in [4.69, 9.17) is 16.3 Å². The Labute approximate surface area is 117 Å². The summed E-state index contributed by atoms with van der Waals surface area (Å²) in [6.45, 7) is 0.195. The third-order valence-electron chi connectivity index (χ3n) is 2.56. The topological polar surface area (TPSA) is 38.3 Å². The molecule has 1 amide bonds. The van der Waals surface area contributed by atoms with Gasteiger partial charge in [0.1, 0.15) is 6.61 Å². The number of ether oxygens (including phenoxy) is 1. The van der Waals surface area contributed by atoms with Crippen molar-refractivity contribution in [2.45, 2.75) is 0 Å². The highest BCUT2D eigenvalue weighted by molar-refractivity contribution is 6.18. The predicted octanol–water partition coefficient (Wildman–Crippen LogP) is 4.14. The van der Waals surface area contributed by atoms with Gasteiger partial charge in [-0.2, -0.15) is 0 Å². The number of carbonyl (C=O) groups is 1. The average Bonchev–Trinajstić information content (AvgIpc) is 2.46. The van der Waals surface area contributed by atoms with Gasteiger partial charge >= 0.3 is 6.09 Å². The minimum absolute atomic E-state index is 0.195. The van der Waals surface area contributed by atoms with Crippen molar-refractivity contribution in [2.24, 2.45) is 0 Å². The fourth-order valence-corrected chi connectivity index (χ4v) is 1.82. The smallest absolute Gasteiger partial charge is 0.411 e. The van der Waals surface area contributed by atoms with Crippen LogP contribution in [0.1, 0.15) is 0 Å². The summed E-state index contributed by atoms with van der Waals surface area (Å²) in [6.07, 6.45) is -0.496. The first-order valence-electron chi connectivity index (χ1n) is 5.95. The van der Waals surface area contributed by atoms with Crippen molar-refractivity contribution in [2.75, 3.05) is 17.8 Å². The minimum Gasteiger partial charge on any atom is -0.448 e. The molecule has 0 heterocycles. The second kappa shape index (κ2) is 6.81. The van der Waals surface area contributed by atoms with Gasteiger partial charge < -0.3 is 4.74 Å². The molecule has 1 N–H and O–H groups in total. The number of anilines is 1. The fraction of sp³-hybridized carbons (Fsp3) is 0.133. The molecule has 0 aromatic heterocycles. The molecule has 0 aliphatic rings. The van der Waals surface area contributed by atoms with Crippen LogP contribution in [0.3, 0.4) is 0 Å². The van der Waals surface area contributed by atoms with Crippen LogP contribution in [-0.2, 0) is 4.74 Å². The van der Waals surface area contributed by atoms with Gasteiger partial charge in [-0.3, -0.25) is 5.32 Å². The minimum atomic E-state index is -0.496. The van der Waals surface area contributed by atoms with Gasteiger partial charge in [-0.1, -0.05) is 48.5 Å². The SMILES string of the molecule is O=C(Nc1ccccc1-c1ccccc1)OCCCl. The maximum atomic E-state index is 11.6. The molecular weight excluding hydrogens is 262 g/mol. The summed E-state index contributed by atoms with van der Waals surface area (Å²) >= 11 is 5.47. The van der Waals surface area contributed by atoms with E-state index in [9.17, 15) is 4.79 Å². The number of hydrogen-bond acceptors (Lipinski definition) is 2. The Morgan fingerprint density at radius 1 is 1.05 bits per heavy atom. The van der Waals surface area contributed by atoms with Crippen molar-refractivity contribution in [1.29, 1.82) is 0 Å². The Morgan fingerprint density at radius 3 is 2.47 bits per heavy atom. The number of halogens is 1. The lowest BCUT2D eigenvalue weighted by molar-refractivity contribution is 0.168. The summed E-state index contributed by atoms with van der Waals surface area (Å²) in [5.74, 6) is 0.285. The van der Waals surface area contributed by atoms with Crippen LogP contribution < -0.4 is 5.32 Å². The number of carbonyl (C=O) groups excluding carboxylic acids is 1. The summed E-state index contributed by atoms with van der Waals surface area (Å²) in [5.41, 5.74) is 2.70. The Kier molecular flexibility index (Phi) is 4.81. The monoisotopic (exact) mass is 275 g/mol. The van der Waals surface area contributed by atoms with Crippen LogP contribution in [0.25, 0.3) is 11.1 Å². The van der Waals surface area contributed by atoms with E-state index in [1.165, 1.54) is 0 Å². The van der Waals surface area contributed by atoms with Gasteiger partial charge in [0, 0.05) is 5.56 Å². The number of benzene rings is 2. The van der Waals surface area contributed by atoms with Gasteiger partial charge in [-0.05, 0) is 11.6 Å². The lowest BCUT2D eigenvalue weighted by atomic mass is 10.0. The molecule has 0 spiro atoms. The zero-order chi connectivity index (χ0) is 13.5. The van der Waals surface area contributed by atoms with E-state index in [0.29, 0.717) is 5.69 Å². The normalized spacial score (nSPS) is 9.95. The second-order valence-corrected chi connectivity index (χ2v) is 4.24. The first-order valence-corrected chi connectivity index (χ1v) is 6.49. The predicted molar refractivity (Wildman–Crippen MR) is 77.6 cm³/mol. The number of nitrogens with one attached hydrogen (secondary N) is 1. The molecule has 0 bridgehead atoms. The van der Waals surface area contributed by atoms with Gasteiger partial charge in [-0.15, -0.1) is 11.6 Å². The quantitative estimate of drug-likeness (QED) is 0.852. The van der Waals surface area contributed by atoms with Crippen LogP contribution in [0.2, 0.25) is 0 Å². The molecule has 0 atom stereocenters. The summed E-state index contributed by atoms with van der Waals surface area (Å²) < 4.78 is 4.90. The number of alkyl halides is 1. The summed E-state index contributed by atoms with van der Waals surface area (Å²) in [4.78, 5) is 11.6. The lowest BCUT2D eigenvalue weighted by Gasteiger charge is -2.11. The molecule has 19 heavy (non-hydrogen) atoms. The Balaban J connectivity index is 2.20. The zero-order valence-corrected chi connectivity index (χ0v) is 11.1. The second-order valence-electron chi connectivity index (χ2n) is 3.86. The molecule has 0 fully saturated rings. The van der Waals surface area contributed by atoms with Crippen molar-refractivity contribution in [3.8, 4) is 11.1 Å². The van der Waals surface area contributed by atoms with Crippen molar-refractivity contribution >= 4 is 23.4 Å². The third kappa shape index (κ3) is 3.73. The average molecular weight is 276 g/mol. The number of amides is 1. The highest BCUT2D eigenvalue weighted by Crippen LogP contribution is 2.27. The third-order valence-corrected chi connectivity index (χ3v) is 2.71. The van der Waals surface area contributed by atoms with Crippen LogP contribution in [0.5, 0.6) is 0 Å². The van der Waals surface area contributed by atoms with E-state index < -0.39 is 6.09 Å². The number of rotatable bonds is 4. The van der Waals surface area contributed by atoms with Gasteiger partial charge in [0.15, 0.2) is 0 Å². The molecule has 2 aromatic carbocycles. The molecule has 0 unspecified atom stereocenters. The molecule has 0 aliphatic heterocycles. The van der Waals surface area contributed by atoms with Crippen LogP contribution in [-0.4, -0.2) is 18.6 Å². The van der Waals surface area contributed by atoms with Gasteiger partial charge in [-0.25, -0.2) is 4.79 Å². The molecule has 4 heteroatoms. The highest BCUT2D eigenvalue weighted by Gasteiger charge is 2.08. The molecule has 2 aromatic rings. The van der Waals surface area contributed by atoms with Gasteiger partial charge in [0.25, 0.3) is 0 Å². The first-order chi connectivity index (χ1) is 9.31.